The molecule has 21 heavy (non-hydrogen) atoms. The van der Waals surface area contributed by atoms with Gasteiger partial charge in [-0.1, -0.05) is 50.2 Å². The third-order valence-electron chi connectivity index (χ3n) is 4.31. The van der Waals surface area contributed by atoms with Gasteiger partial charge < -0.3 is 9.63 Å². The molecule has 1 atom stereocenters. The Labute approximate surface area is 125 Å². The summed E-state index contributed by atoms with van der Waals surface area (Å²) in [7, 11) is -3.40. The van der Waals surface area contributed by atoms with E-state index in [1.165, 1.54) is 0 Å². The molecule has 0 spiro atoms. The van der Waals surface area contributed by atoms with Gasteiger partial charge in [0.1, 0.15) is 5.75 Å². The fourth-order valence-electron chi connectivity index (χ4n) is 2.89. The van der Waals surface area contributed by atoms with Crippen LogP contribution in [-0.2, 0) is 4.57 Å². The molecule has 2 aromatic carbocycles. The van der Waals surface area contributed by atoms with Crippen molar-refractivity contribution in [2.45, 2.75) is 32.0 Å². The zero-order chi connectivity index (χ0) is 15.1. The number of fused-ring (bicyclic) bond motifs is 3. The molecule has 0 aliphatic carbocycles. The summed E-state index contributed by atoms with van der Waals surface area (Å²) in [5.41, 5.74) is 1.82. The second-order valence-corrected chi connectivity index (χ2v) is 7.95. The summed E-state index contributed by atoms with van der Waals surface area (Å²) in [6.07, 6.45) is 0.772. The number of para-hydroxylation sites is 1. The molecule has 0 amide bonds. The molecule has 1 aliphatic rings. The largest absolute Gasteiger partial charge is 0.437 e. The van der Waals surface area contributed by atoms with Crippen LogP contribution in [0.25, 0.3) is 11.1 Å². The van der Waals surface area contributed by atoms with Gasteiger partial charge in [-0.05, 0) is 30.5 Å². The predicted molar refractivity (Wildman–Crippen MR) is 85.3 cm³/mol. The number of aliphatic hydroxyl groups is 1. The molecule has 0 aromatic heterocycles. The molecule has 1 unspecified atom stereocenters. The number of hydrogen-bond acceptors (Lipinski definition) is 3. The summed E-state index contributed by atoms with van der Waals surface area (Å²) in [4.78, 5) is 0. The zero-order valence-corrected chi connectivity index (χ0v) is 13.1. The summed E-state index contributed by atoms with van der Waals surface area (Å²) in [5.74, 6) is 0.583. The van der Waals surface area contributed by atoms with E-state index in [2.05, 4.69) is 0 Å². The third kappa shape index (κ3) is 1.96. The Bertz CT molecular complexity index is 719. The van der Waals surface area contributed by atoms with Crippen molar-refractivity contribution in [2.24, 2.45) is 0 Å². The summed E-state index contributed by atoms with van der Waals surface area (Å²) in [5, 5.41) is 10.2. The first kappa shape index (κ1) is 14.4. The minimum atomic E-state index is -3.40. The highest BCUT2D eigenvalue weighted by molar-refractivity contribution is 7.69. The van der Waals surface area contributed by atoms with E-state index in [4.69, 9.17) is 4.52 Å². The van der Waals surface area contributed by atoms with Gasteiger partial charge >= 0.3 is 7.37 Å². The van der Waals surface area contributed by atoms with Crippen molar-refractivity contribution in [3.05, 3.63) is 48.5 Å². The lowest BCUT2D eigenvalue weighted by Gasteiger charge is -2.38. The van der Waals surface area contributed by atoms with Crippen LogP contribution in [0.3, 0.4) is 0 Å². The Morgan fingerprint density at radius 1 is 1.00 bits per heavy atom. The van der Waals surface area contributed by atoms with Gasteiger partial charge in [0, 0.05) is 5.56 Å². The van der Waals surface area contributed by atoms with Crippen molar-refractivity contribution in [3.8, 4) is 16.9 Å². The molecule has 0 bridgehead atoms. The molecule has 3 rings (SSSR count). The highest BCUT2D eigenvalue weighted by Gasteiger charge is 2.51. The van der Waals surface area contributed by atoms with E-state index in [0.717, 1.165) is 11.1 Å². The van der Waals surface area contributed by atoms with Crippen LogP contribution < -0.4 is 9.83 Å². The molecule has 0 radical (unpaired) electrons. The van der Waals surface area contributed by atoms with Crippen LogP contribution in [0.4, 0.5) is 0 Å². The van der Waals surface area contributed by atoms with Crippen LogP contribution in [0.1, 0.15) is 26.7 Å². The van der Waals surface area contributed by atoms with E-state index >= 15 is 0 Å². The van der Waals surface area contributed by atoms with Gasteiger partial charge in [-0.15, -0.1) is 0 Å². The molecule has 1 aliphatic heterocycles. The van der Waals surface area contributed by atoms with Crippen LogP contribution in [0.2, 0.25) is 0 Å². The number of hydrogen-bond donors (Lipinski definition) is 1. The van der Waals surface area contributed by atoms with Crippen molar-refractivity contribution in [3.63, 3.8) is 0 Å². The van der Waals surface area contributed by atoms with Gasteiger partial charge in [0.25, 0.3) is 0 Å². The molecule has 0 saturated heterocycles. The Morgan fingerprint density at radius 2 is 1.57 bits per heavy atom. The van der Waals surface area contributed by atoms with E-state index in [1.54, 1.807) is 0 Å². The maximum Gasteiger partial charge on any atom is 0.308 e. The van der Waals surface area contributed by atoms with Gasteiger partial charge in [-0.25, -0.2) is 0 Å². The Hall–Kier alpha value is -1.57. The fourth-order valence-corrected chi connectivity index (χ4v) is 5.67. The van der Waals surface area contributed by atoms with E-state index in [0.29, 0.717) is 23.9 Å². The molecule has 1 N–H and O–H groups in total. The first-order valence-corrected chi connectivity index (χ1v) is 8.89. The molecule has 2 aromatic rings. The lowest BCUT2D eigenvalue weighted by atomic mass is 10.0. The van der Waals surface area contributed by atoms with E-state index < -0.39 is 12.7 Å². The second-order valence-electron chi connectivity index (χ2n) is 5.35. The zero-order valence-electron chi connectivity index (χ0n) is 12.2. The predicted octanol–water partition coefficient (Wildman–Crippen LogP) is 4.16. The van der Waals surface area contributed by atoms with Crippen molar-refractivity contribution < 1.29 is 14.2 Å². The maximum absolute atomic E-state index is 13.6. The van der Waals surface area contributed by atoms with Crippen LogP contribution in [-0.4, -0.2) is 10.4 Å². The van der Waals surface area contributed by atoms with Gasteiger partial charge in [0.05, 0.1) is 5.30 Å². The average Bonchev–Trinajstić information content (AvgIpc) is 2.54. The molecule has 0 fully saturated rings. The molecule has 4 heteroatoms. The third-order valence-corrected chi connectivity index (χ3v) is 7.51. The number of benzene rings is 2. The quantitative estimate of drug-likeness (QED) is 0.866. The van der Waals surface area contributed by atoms with Crippen LogP contribution in [0.5, 0.6) is 5.75 Å². The van der Waals surface area contributed by atoms with Crippen molar-refractivity contribution in [1.29, 1.82) is 0 Å². The van der Waals surface area contributed by atoms with Crippen LogP contribution >= 0.6 is 7.37 Å². The summed E-state index contributed by atoms with van der Waals surface area (Å²) in [6, 6.07) is 15.1. The first-order valence-electron chi connectivity index (χ1n) is 7.27. The van der Waals surface area contributed by atoms with E-state index in [1.807, 2.05) is 62.4 Å². The number of rotatable bonds is 3. The SMILES string of the molecule is CCC(O)(CC)P1(=O)Oc2ccccc2-c2ccccc21. The lowest BCUT2D eigenvalue weighted by molar-refractivity contribution is 0.105. The molecule has 0 saturated carbocycles. The fraction of sp³-hybridized carbons (Fsp3) is 0.294. The van der Waals surface area contributed by atoms with Gasteiger partial charge in [-0.3, -0.25) is 4.57 Å². The van der Waals surface area contributed by atoms with Crippen molar-refractivity contribution in [1.82, 2.24) is 0 Å². The minimum Gasteiger partial charge on any atom is -0.437 e. The van der Waals surface area contributed by atoms with Crippen LogP contribution in [0, 0.1) is 0 Å². The first-order chi connectivity index (χ1) is 10.1. The highest BCUT2D eigenvalue weighted by atomic mass is 31.2. The van der Waals surface area contributed by atoms with Crippen LogP contribution in [0.15, 0.2) is 48.5 Å². The van der Waals surface area contributed by atoms with E-state index in [-0.39, 0.29) is 0 Å². The molecule has 3 nitrogen and oxygen atoms in total. The van der Waals surface area contributed by atoms with Gasteiger partial charge in [0.15, 0.2) is 5.34 Å². The molecule has 1 heterocycles. The summed E-state index contributed by atoms with van der Waals surface area (Å²) < 4.78 is 19.5. The smallest absolute Gasteiger partial charge is 0.308 e. The molecular formula is C17H19O3P. The van der Waals surface area contributed by atoms with Crippen molar-refractivity contribution >= 4 is 12.7 Å². The van der Waals surface area contributed by atoms with Gasteiger partial charge in [0.2, 0.25) is 0 Å². The van der Waals surface area contributed by atoms with Crippen molar-refractivity contribution in [2.75, 3.05) is 0 Å². The second kappa shape index (κ2) is 5.01. The average molecular weight is 302 g/mol. The maximum atomic E-state index is 13.6. The Morgan fingerprint density at radius 3 is 2.24 bits per heavy atom. The highest BCUT2D eigenvalue weighted by Crippen LogP contribution is 2.63. The normalized spacial score (nSPS) is 20.3. The molecule has 110 valence electrons. The standard InChI is InChI=1S/C17H19O3P/c1-3-17(18,4-2)21(19)16-12-8-6-10-14(16)13-9-5-7-11-15(13)20-21/h5-12,18H,3-4H2,1-2H3. The summed E-state index contributed by atoms with van der Waals surface area (Å²) in [6.45, 7) is 3.69. The lowest BCUT2D eigenvalue weighted by Crippen LogP contribution is -2.36. The topological polar surface area (TPSA) is 46.5 Å². The molecular weight excluding hydrogens is 283 g/mol. The Balaban J connectivity index is 2.30. The summed E-state index contributed by atoms with van der Waals surface area (Å²) >= 11 is 0. The van der Waals surface area contributed by atoms with Gasteiger partial charge in [-0.2, -0.15) is 0 Å². The monoisotopic (exact) mass is 302 g/mol. The Kier molecular flexibility index (Phi) is 3.43. The minimum absolute atomic E-state index is 0.386. The van der Waals surface area contributed by atoms with E-state index in [9.17, 15) is 9.67 Å².